The van der Waals surface area contributed by atoms with Gasteiger partial charge in [-0.2, -0.15) is 12.6 Å². The number of rotatable bonds is 5. The highest BCUT2D eigenvalue weighted by atomic mass is 32.1. The molecule has 0 heterocycles. The standard InChI is InChI=1S/C6H13NO2S/c1-5(6(8)9)7-3-2-4-10/h5,7,10H,2-4H2,1H3,(H,8,9)/t5-/m0/s1. The van der Waals surface area contributed by atoms with E-state index in [0.29, 0.717) is 0 Å². The highest BCUT2D eigenvalue weighted by Gasteiger charge is 2.07. The molecule has 0 spiro atoms. The predicted molar refractivity (Wildman–Crippen MR) is 43.6 cm³/mol. The molecule has 0 rings (SSSR count). The van der Waals surface area contributed by atoms with Crippen molar-refractivity contribution in [3.8, 4) is 0 Å². The summed E-state index contributed by atoms with van der Waals surface area (Å²) in [6.45, 7) is 2.35. The molecule has 0 bridgehead atoms. The van der Waals surface area contributed by atoms with Crippen molar-refractivity contribution in [1.29, 1.82) is 0 Å². The zero-order valence-electron chi connectivity index (χ0n) is 6.00. The van der Waals surface area contributed by atoms with E-state index in [0.717, 1.165) is 18.7 Å². The molecule has 60 valence electrons. The number of hydrogen-bond donors (Lipinski definition) is 3. The lowest BCUT2D eigenvalue weighted by molar-refractivity contribution is -0.138. The minimum atomic E-state index is -0.806. The molecule has 0 fully saturated rings. The zero-order chi connectivity index (χ0) is 7.98. The Morgan fingerprint density at radius 2 is 2.40 bits per heavy atom. The fourth-order valence-electron chi connectivity index (χ4n) is 0.485. The third kappa shape index (κ3) is 4.64. The lowest BCUT2D eigenvalue weighted by Gasteiger charge is -2.06. The number of nitrogens with one attached hydrogen (secondary N) is 1. The molecule has 0 amide bonds. The SMILES string of the molecule is C[C@H](NCCCS)C(=O)O. The van der Waals surface area contributed by atoms with Gasteiger partial charge in [-0.05, 0) is 25.6 Å². The van der Waals surface area contributed by atoms with Crippen molar-refractivity contribution < 1.29 is 9.90 Å². The summed E-state index contributed by atoms with van der Waals surface area (Å²) in [5, 5.41) is 11.2. The summed E-state index contributed by atoms with van der Waals surface area (Å²) in [6.07, 6.45) is 0.904. The van der Waals surface area contributed by atoms with E-state index in [2.05, 4.69) is 17.9 Å². The summed E-state index contributed by atoms with van der Waals surface area (Å²) >= 11 is 3.99. The molecule has 0 aromatic carbocycles. The van der Waals surface area contributed by atoms with Gasteiger partial charge in [-0.25, -0.2) is 0 Å². The second kappa shape index (κ2) is 5.56. The van der Waals surface area contributed by atoms with Crippen LogP contribution >= 0.6 is 12.6 Å². The highest BCUT2D eigenvalue weighted by Crippen LogP contribution is 1.84. The highest BCUT2D eigenvalue weighted by molar-refractivity contribution is 7.80. The van der Waals surface area contributed by atoms with Gasteiger partial charge in [0.25, 0.3) is 0 Å². The summed E-state index contributed by atoms with van der Waals surface area (Å²) in [5.74, 6) is -0.0153. The van der Waals surface area contributed by atoms with E-state index in [-0.39, 0.29) is 0 Å². The zero-order valence-corrected chi connectivity index (χ0v) is 6.90. The summed E-state index contributed by atoms with van der Waals surface area (Å²) in [6, 6.07) is -0.445. The van der Waals surface area contributed by atoms with Crippen LogP contribution in [0.15, 0.2) is 0 Å². The van der Waals surface area contributed by atoms with E-state index >= 15 is 0 Å². The van der Waals surface area contributed by atoms with Gasteiger partial charge in [0.2, 0.25) is 0 Å². The Morgan fingerprint density at radius 3 is 2.80 bits per heavy atom. The Kier molecular flexibility index (Phi) is 5.43. The van der Waals surface area contributed by atoms with Crippen LogP contribution in [0.4, 0.5) is 0 Å². The molecule has 0 aliphatic carbocycles. The normalized spacial score (nSPS) is 13.0. The van der Waals surface area contributed by atoms with E-state index in [4.69, 9.17) is 5.11 Å². The first-order valence-corrected chi connectivity index (χ1v) is 3.88. The lowest BCUT2D eigenvalue weighted by Crippen LogP contribution is -2.34. The van der Waals surface area contributed by atoms with Crippen molar-refractivity contribution in [2.24, 2.45) is 0 Å². The first kappa shape index (κ1) is 9.78. The first-order valence-electron chi connectivity index (χ1n) is 3.25. The van der Waals surface area contributed by atoms with Gasteiger partial charge in [0.15, 0.2) is 0 Å². The van der Waals surface area contributed by atoms with E-state index in [1.165, 1.54) is 0 Å². The number of carboxylic acids is 1. The van der Waals surface area contributed by atoms with Gasteiger partial charge in [-0.3, -0.25) is 4.79 Å². The third-order valence-corrected chi connectivity index (χ3v) is 1.47. The molecular weight excluding hydrogens is 150 g/mol. The Hall–Kier alpha value is -0.220. The maximum Gasteiger partial charge on any atom is 0.320 e. The average Bonchev–Trinajstić information content (AvgIpc) is 1.88. The summed E-state index contributed by atoms with van der Waals surface area (Å²) in [5.41, 5.74) is 0. The van der Waals surface area contributed by atoms with E-state index in [1.807, 2.05) is 0 Å². The maximum absolute atomic E-state index is 10.2. The van der Waals surface area contributed by atoms with Gasteiger partial charge < -0.3 is 10.4 Å². The van der Waals surface area contributed by atoms with Gasteiger partial charge >= 0.3 is 5.97 Å². The van der Waals surface area contributed by atoms with E-state index in [9.17, 15) is 4.79 Å². The molecule has 0 aliphatic heterocycles. The molecule has 0 aromatic rings. The number of hydrogen-bond acceptors (Lipinski definition) is 3. The van der Waals surface area contributed by atoms with Crippen molar-refractivity contribution in [2.75, 3.05) is 12.3 Å². The third-order valence-electron chi connectivity index (χ3n) is 1.16. The van der Waals surface area contributed by atoms with Crippen molar-refractivity contribution in [2.45, 2.75) is 19.4 Å². The van der Waals surface area contributed by atoms with E-state index in [1.54, 1.807) is 6.92 Å². The molecule has 10 heavy (non-hydrogen) atoms. The van der Waals surface area contributed by atoms with Crippen molar-refractivity contribution in [3.63, 3.8) is 0 Å². The monoisotopic (exact) mass is 163 g/mol. The molecule has 1 atom stereocenters. The van der Waals surface area contributed by atoms with Crippen LogP contribution in [-0.4, -0.2) is 29.4 Å². The van der Waals surface area contributed by atoms with Crippen LogP contribution < -0.4 is 5.32 Å². The number of carbonyl (C=O) groups is 1. The smallest absolute Gasteiger partial charge is 0.320 e. The van der Waals surface area contributed by atoms with Crippen LogP contribution in [0.1, 0.15) is 13.3 Å². The van der Waals surface area contributed by atoms with Gasteiger partial charge in [0.1, 0.15) is 6.04 Å². The summed E-state index contributed by atoms with van der Waals surface area (Å²) in [4.78, 5) is 10.2. The minimum Gasteiger partial charge on any atom is -0.480 e. The van der Waals surface area contributed by atoms with Gasteiger partial charge in [0, 0.05) is 0 Å². The second-order valence-electron chi connectivity index (χ2n) is 2.09. The molecule has 2 N–H and O–H groups in total. The summed E-state index contributed by atoms with van der Waals surface area (Å²) in [7, 11) is 0. The van der Waals surface area contributed by atoms with Crippen LogP contribution in [0.25, 0.3) is 0 Å². The molecule has 0 saturated heterocycles. The summed E-state index contributed by atoms with van der Waals surface area (Å²) < 4.78 is 0. The minimum absolute atomic E-state index is 0.445. The molecule has 0 unspecified atom stereocenters. The fourth-order valence-corrected chi connectivity index (χ4v) is 0.643. The quantitative estimate of drug-likeness (QED) is 0.405. The molecule has 0 aliphatic rings. The first-order chi connectivity index (χ1) is 4.68. The number of thiol groups is 1. The maximum atomic E-state index is 10.2. The Bertz CT molecular complexity index is 108. The molecular formula is C6H13NO2S. The number of aliphatic carboxylic acids is 1. The fraction of sp³-hybridized carbons (Fsp3) is 0.833. The lowest BCUT2D eigenvalue weighted by atomic mass is 10.3. The van der Waals surface area contributed by atoms with Gasteiger partial charge in [-0.15, -0.1) is 0 Å². The molecule has 0 saturated carbocycles. The van der Waals surface area contributed by atoms with Crippen LogP contribution in [-0.2, 0) is 4.79 Å². The van der Waals surface area contributed by atoms with Crippen molar-refractivity contribution in [3.05, 3.63) is 0 Å². The Morgan fingerprint density at radius 1 is 1.80 bits per heavy atom. The second-order valence-corrected chi connectivity index (χ2v) is 2.54. The van der Waals surface area contributed by atoms with Crippen molar-refractivity contribution in [1.82, 2.24) is 5.32 Å². The molecule has 4 heteroatoms. The van der Waals surface area contributed by atoms with Gasteiger partial charge in [-0.1, -0.05) is 0 Å². The molecule has 0 aromatic heterocycles. The van der Waals surface area contributed by atoms with Crippen LogP contribution in [0.3, 0.4) is 0 Å². The Labute approximate surface area is 66.2 Å². The largest absolute Gasteiger partial charge is 0.480 e. The van der Waals surface area contributed by atoms with Crippen LogP contribution in [0.5, 0.6) is 0 Å². The predicted octanol–water partition coefficient (Wildman–Crippen LogP) is 0.369. The average molecular weight is 163 g/mol. The van der Waals surface area contributed by atoms with E-state index < -0.39 is 12.0 Å². The molecule has 0 radical (unpaired) electrons. The number of carboxylic acid groups (broad SMARTS) is 1. The van der Waals surface area contributed by atoms with Gasteiger partial charge in [0.05, 0.1) is 0 Å². The topological polar surface area (TPSA) is 49.3 Å². The Balaban J connectivity index is 3.21. The van der Waals surface area contributed by atoms with Crippen LogP contribution in [0, 0.1) is 0 Å². The molecule has 3 nitrogen and oxygen atoms in total. The van der Waals surface area contributed by atoms with Crippen LogP contribution in [0.2, 0.25) is 0 Å². The van der Waals surface area contributed by atoms with Crippen molar-refractivity contribution >= 4 is 18.6 Å².